The number of nitrogens with one attached hydrogen (secondary N) is 1. The smallest absolute Gasteiger partial charge is 0.256 e. The Bertz CT molecular complexity index is 641. The molecule has 8 nitrogen and oxygen atoms in total. The fourth-order valence-corrected chi connectivity index (χ4v) is 3.91. The highest BCUT2D eigenvalue weighted by Gasteiger charge is 2.41. The summed E-state index contributed by atoms with van der Waals surface area (Å²) in [5, 5.41) is 11.9. The number of hydrogen-bond acceptors (Lipinski definition) is 6. The van der Waals surface area contributed by atoms with Crippen LogP contribution in [0.25, 0.3) is 0 Å². The number of likely N-dealkylation sites (tertiary alicyclic amines) is 2. The van der Waals surface area contributed by atoms with Crippen molar-refractivity contribution >= 4 is 17.8 Å². The van der Waals surface area contributed by atoms with Gasteiger partial charge < -0.3 is 20.2 Å². The van der Waals surface area contributed by atoms with Gasteiger partial charge in [0, 0.05) is 58.6 Å². The average Bonchev–Trinajstić information content (AvgIpc) is 2.69. The van der Waals surface area contributed by atoms with Gasteiger partial charge in [0.15, 0.2) is 0 Å². The Labute approximate surface area is 153 Å². The van der Waals surface area contributed by atoms with Crippen molar-refractivity contribution in [3.05, 3.63) is 18.0 Å². The maximum atomic E-state index is 12.7. The van der Waals surface area contributed by atoms with Gasteiger partial charge in [-0.05, 0) is 31.1 Å². The minimum Gasteiger partial charge on any atom is -0.396 e. The zero-order valence-corrected chi connectivity index (χ0v) is 15.3. The van der Waals surface area contributed by atoms with Gasteiger partial charge >= 0.3 is 0 Å². The lowest BCUT2D eigenvalue weighted by molar-refractivity contribution is -0.139. The number of aromatic nitrogens is 2. The summed E-state index contributed by atoms with van der Waals surface area (Å²) in [5.74, 6) is 0.643. The number of nitrogens with zero attached hydrogens (tertiary/aromatic N) is 4. The lowest BCUT2D eigenvalue weighted by Gasteiger charge is -2.47. The van der Waals surface area contributed by atoms with Crippen LogP contribution in [0.3, 0.4) is 0 Å². The molecule has 0 radical (unpaired) electrons. The number of aliphatic hydroxyl groups excluding tert-OH is 1. The van der Waals surface area contributed by atoms with Crippen LogP contribution < -0.4 is 5.32 Å². The summed E-state index contributed by atoms with van der Waals surface area (Å²) in [6, 6.07) is 0. The Kier molecular flexibility index (Phi) is 5.70. The maximum absolute atomic E-state index is 12.7. The van der Waals surface area contributed by atoms with Crippen molar-refractivity contribution in [2.24, 2.45) is 5.41 Å². The quantitative estimate of drug-likeness (QED) is 0.803. The number of aliphatic hydroxyl groups is 1. The molecule has 3 rings (SSSR count). The first-order valence-electron chi connectivity index (χ1n) is 9.25. The van der Waals surface area contributed by atoms with E-state index in [9.17, 15) is 9.59 Å². The Morgan fingerprint density at radius 1 is 1.27 bits per heavy atom. The van der Waals surface area contributed by atoms with E-state index in [4.69, 9.17) is 5.11 Å². The van der Waals surface area contributed by atoms with Gasteiger partial charge in [0.05, 0.1) is 5.56 Å². The molecular weight excluding hydrogens is 334 g/mol. The molecule has 2 N–H and O–H groups in total. The molecule has 0 bridgehead atoms. The second kappa shape index (κ2) is 7.99. The standard InChI is InChI=1S/C18H27N5O3/c1-19-17-20-11-14(12-21-17)16(26)22-8-5-18(6-9-22)4-3-15(25)23(13-18)7-2-10-24/h11-12,24H,2-10,13H2,1H3,(H,19,20,21). The number of anilines is 1. The predicted octanol–water partition coefficient (Wildman–Crippen LogP) is 0.746. The largest absolute Gasteiger partial charge is 0.396 e. The lowest BCUT2D eigenvalue weighted by atomic mass is 9.72. The van der Waals surface area contributed by atoms with Crippen LogP contribution in [0.1, 0.15) is 42.5 Å². The van der Waals surface area contributed by atoms with Crippen LogP contribution in [0.2, 0.25) is 0 Å². The molecule has 3 heterocycles. The fraction of sp³-hybridized carbons (Fsp3) is 0.667. The zero-order chi connectivity index (χ0) is 18.6. The van der Waals surface area contributed by atoms with Gasteiger partial charge in [-0.2, -0.15) is 0 Å². The molecule has 2 aliphatic rings. The molecule has 1 spiro atoms. The number of piperidine rings is 2. The monoisotopic (exact) mass is 361 g/mol. The molecule has 2 saturated heterocycles. The summed E-state index contributed by atoms with van der Waals surface area (Å²) >= 11 is 0. The molecule has 0 aliphatic carbocycles. The first-order valence-corrected chi connectivity index (χ1v) is 9.25. The van der Waals surface area contributed by atoms with Crippen molar-refractivity contribution in [3.8, 4) is 0 Å². The molecule has 2 amide bonds. The highest BCUT2D eigenvalue weighted by Crippen LogP contribution is 2.40. The molecule has 0 saturated carbocycles. The van der Waals surface area contributed by atoms with E-state index in [0.717, 1.165) is 25.8 Å². The van der Waals surface area contributed by atoms with Crippen LogP contribution in [0.4, 0.5) is 5.95 Å². The number of carbonyl (C=O) groups is 2. The molecular formula is C18H27N5O3. The van der Waals surface area contributed by atoms with E-state index in [1.165, 1.54) is 0 Å². The van der Waals surface area contributed by atoms with Gasteiger partial charge in [-0.25, -0.2) is 9.97 Å². The van der Waals surface area contributed by atoms with E-state index in [1.54, 1.807) is 19.4 Å². The third-order valence-corrected chi connectivity index (χ3v) is 5.57. The van der Waals surface area contributed by atoms with Crippen molar-refractivity contribution in [2.45, 2.75) is 32.1 Å². The average molecular weight is 361 g/mol. The van der Waals surface area contributed by atoms with Gasteiger partial charge in [0.1, 0.15) is 0 Å². The van der Waals surface area contributed by atoms with Crippen molar-refractivity contribution in [2.75, 3.05) is 45.2 Å². The zero-order valence-electron chi connectivity index (χ0n) is 15.3. The van der Waals surface area contributed by atoms with Crippen LogP contribution in [0.5, 0.6) is 0 Å². The molecule has 142 valence electrons. The minimum absolute atomic E-state index is 0.0356. The van der Waals surface area contributed by atoms with Gasteiger partial charge in [0.25, 0.3) is 5.91 Å². The van der Waals surface area contributed by atoms with Crippen LogP contribution in [0.15, 0.2) is 12.4 Å². The highest BCUT2D eigenvalue weighted by atomic mass is 16.3. The summed E-state index contributed by atoms with van der Waals surface area (Å²) in [4.78, 5) is 36.7. The first-order chi connectivity index (χ1) is 12.6. The second-order valence-electron chi connectivity index (χ2n) is 7.23. The van der Waals surface area contributed by atoms with Crippen LogP contribution >= 0.6 is 0 Å². The lowest BCUT2D eigenvalue weighted by Crippen LogP contribution is -2.52. The summed E-state index contributed by atoms with van der Waals surface area (Å²) < 4.78 is 0. The van der Waals surface area contributed by atoms with E-state index < -0.39 is 0 Å². The molecule has 2 fully saturated rings. The molecule has 2 aliphatic heterocycles. The van der Waals surface area contributed by atoms with Crippen molar-refractivity contribution in [1.29, 1.82) is 0 Å². The molecule has 0 unspecified atom stereocenters. The molecule has 1 aromatic heterocycles. The van der Waals surface area contributed by atoms with Crippen molar-refractivity contribution < 1.29 is 14.7 Å². The van der Waals surface area contributed by atoms with E-state index in [0.29, 0.717) is 44.0 Å². The van der Waals surface area contributed by atoms with Crippen LogP contribution in [0, 0.1) is 5.41 Å². The Hall–Kier alpha value is -2.22. The predicted molar refractivity (Wildman–Crippen MR) is 96.7 cm³/mol. The minimum atomic E-state index is -0.0356. The highest BCUT2D eigenvalue weighted by molar-refractivity contribution is 5.93. The molecule has 0 atom stereocenters. The van der Waals surface area contributed by atoms with E-state index in [-0.39, 0.29) is 23.8 Å². The summed E-state index contributed by atoms with van der Waals surface area (Å²) in [5.41, 5.74) is 0.607. The summed E-state index contributed by atoms with van der Waals surface area (Å²) in [6.45, 7) is 2.85. The van der Waals surface area contributed by atoms with Crippen molar-refractivity contribution in [1.82, 2.24) is 19.8 Å². The number of amides is 2. The second-order valence-corrected chi connectivity index (χ2v) is 7.23. The molecule has 0 aromatic carbocycles. The maximum Gasteiger partial charge on any atom is 0.256 e. The summed E-state index contributed by atoms with van der Waals surface area (Å²) in [6.07, 6.45) is 6.99. The van der Waals surface area contributed by atoms with Gasteiger partial charge in [-0.3, -0.25) is 9.59 Å². The van der Waals surface area contributed by atoms with Crippen LogP contribution in [-0.4, -0.2) is 76.5 Å². The van der Waals surface area contributed by atoms with E-state index >= 15 is 0 Å². The third-order valence-electron chi connectivity index (χ3n) is 5.57. The van der Waals surface area contributed by atoms with Gasteiger partial charge in [-0.1, -0.05) is 0 Å². The van der Waals surface area contributed by atoms with E-state index in [1.807, 2.05) is 9.80 Å². The SMILES string of the molecule is CNc1ncc(C(=O)N2CCC3(CCC(=O)N(CCCO)C3)CC2)cn1. The Morgan fingerprint density at radius 3 is 2.58 bits per heavy atom. The molecule has 8 heteroatoms. The number of rotatable bonds is 5. The van der Waals surface area contributed by atoms with Crippen molar-refractivity contribution in [3.63, 3.8) is 0 Å². The Morgan fingerprint density at radius 2 is 1.96 bits per heavy atom. The normalized spacial score (nSPS) is 19.7. The van der Waals surface area contributed by atoms with Gasteiger partial charge in [0.2, 0.25) is 11.9 Å². The Balaban J connectivity index is 1.59. The summed E-state index contributed by atoms with van der Waals surface area (Å²) in [7, 11) is 1.74. The number of hydrogen-bond donors (Lipinski definition) is 2. The molecule has 26 heavy (non-hydrogen) atoms. The molecule has 1 aromatic rings. The number of carbonyl (C=O) groups excluding carboxylic acids is 2. The fourth-order valence-electron chi connectivity index (χ4n) is 3.91. The topological polar surface area (TPSA) is 98.7 Å². The van der Waals surface area contributed by atoms with E-state index in [2.05, 4.69) is 15.3 Å². The first kappa shape index (κ1) is 18.6. The van der Waals surface area contributed by atoms with Crippen LogP contribution in [-0.2, 0) is 4.79 Å². The van der Waals surface area contributed by atoms with Gasteiger partial charge in [-0.15, -0.1) is 0 Å². The third kappa shape index (κ3) is 3.95.